The van der Waals surface area contributed by atoms with Crippen LogP contribution in [0.2, 0.25) is 0 Å². The van der Waals surface area contributed by atoms with Crippen LogP contribution in [0.5, 0.6) is 0 Å². The summed E-state index contributed by atoms with van der Waals surface area (Å²) in [6, 6.07) is -9.65. The van der Waals surface area contributed by atoms with Gasteiger partial charge in [0.05, 0.1) is 25.6 Å². The average Bonchev–Trinajstić information content (AvgIpc) is 1.05. The summed E-state index contributed by atoms with van der Waals surface area (Å²) in [6.07, 6.45) is 13.1. The molecule has 5 aliphatic carbocycles. The number of alkyl halides is 2. The maximum absolute atomic E-state index is 15.7. The molecule has 7 fully saturated rings. The number of nitrogens with zero attached hydrogens (tertiary/aromatic N) is 9. The van der Waals surface area contributed by atoms with Crippen molar-refractivity contribution in [2.24, 2.45) is 53.3 Å². The van der Waals surface area contributed by atoms with Crippen molar-refractivity contribution < 1.29 is 71.1 Å². The Labute approximate surface area is 628 Å². The number of fused-ring (bicyclic) bond motifs is 3. The topological polar surface area (TPSA) is 279 Å². The predicted octanol–water partition coefficient (Wildman–Crippen LogP) is 6.64. The van der Waals surface area contributed by atoms with Gasteiger partial charge in [0.1, 0.15) is 53.9 Å². The number of likely N-dealkylation sites (N-methyl/N-ethyl adjacent to an activating group) is 7. The second-order valence-corrected chi connectivity index (χ2v) is 33.5. The van der Waals surface area contributed by atoms with Crippen LogP contribution in [0.1, 0.15) is 208 Å². The quantitative estimate of drug-likeness (QED) is 0.154. The highest BCUT2D eigenvalue weighted by molar-refractivity contribution is 6.01. The molecule has 1 spiro atoms. The zero-order valence-corrected chi connectivity index (χ0v) is 66.1. The fourth-order valence-electron chi connectivity index (χ4n) is 18.8. The van der Waals surface area contributed by atoms with E-state index in [0.29, 0.717) is 57.3 Å². The van der Waals surface area contributed by atoms with Crippen molar-refractivity contribution >= 4 is 70.9 Å². The van der Waals surface area contributed by atoms with Gasteiger partial charge >= 0.3 is 0 Å². The first kappa shape index (κ1) is 84.8. The molecule has 0 radical (unpaired) electrons. The van der Waals surface area contributed by atoms with E-state index in [1.165, 1.54) is 100 Å². The molecule has 12 amide bonds. The zero-order chi connectivity index (χ0) is 77.8. The van der Waals surface area contributed by atoms with Gasteiger partial charge in [-0.3, -0.25) is 57.5 Å². The van der Waals surface area contributed by atoms with Gasteiger partial charge in [-0.1, -0.05) is 117 Å². The smallest absolute Gasteiger partial charge is 0.248 e. The largest absolute Gasteiger partial charge is 0.377 e. The molecule has 106 heavy (non-hydrogen) atoms. The minimum absolute atomic E-state index is 0.0255. The minimum atomic E-state index is -2.51. The Morgan fingerprint density at radius 3 is 1.83 bits per heavy atom. The normalized spacial score (nSPS) is 33.0. The molecular formula is C79H128F2N12O13. The number of nitrogens with one attached hydrogen (secondary N) is 3. The van der Waals surface area contributed by atoms with Gasteiger partial charge in [0.2, 0.25) is 77.3 Å². The molecule has 596 valence electrons. The Bertz CT molecular complexity index is 3120. The molecule has 3 aliphatic heterocycles. The maximum atomic E-state index is 15.7. The monoisotopic (exact) mass is 1490 g/mol. The van der Waals surface area contributed by atoms with Gasteiger partial charge in [-0.25, -0.2) is 8.78 Å². The van der Waals surface area contributed by atoms with Crippen LogP contribution in [0, 0.1) is 53.3 Å². The summed E-state index contributed by atoms with van der Waals surface area (Å²) in [5.41, 5.74) is -1.54. The highest BCUT2D eigenvalue weighted by Gasteiger charge is 2.54. The molecular weight excluding hydrogens is 1360 g/mol. The summed E-state index contributed by atoms with van der Waals surface area (Å²) >= 11 is 0. The maximum Gasteiger partial charge on any atom is 0.248 e. The van der Waals surface area contributed by atoms with Crippen LogP contribution < -0.4 is 16.0 Å². The Morgan fingerprint density at radius 1 is 0.623 bits per heavy atom. The van der Waals surface area contributed by atoms with Crippen molar-refractivity contribution in [2.75, 3.05) is 89.2 Å². The van der Waals surface area contributed by atoms with E-state index in [2.05, 4.69) is 22.9 Å². The van der Waals surface area contributed by atoms with E-state index in [4.69, 9.17) is 4.74 Å². The van der Waals surface area contributed by atoms with Crippen LogP contribution >= 0.6 is 0 Å². The Balaban J connectivity index is 1.20. The second kappa shape index (κ2) is 38.0. The third-order valence-electron chi connectivity index (χ3n) is 25.8. The second-order valence-electron chi connectivity index (χ2n) is 33.5. The van der Waals surface area contributed by atoms with Gasteiger partial charge in [-0.05, 0) is 138 Å². The van der Waals surface area contributed by atoms with Crippen LogP contribution in [-0.4, -0.2) is 271 Å². The van der Waals surface area contributed by atoms with E-state index < -0.39 is 169 Å². The van der Waals surface area contributed by atoms with Crippen LogP contribution in [0.15, 0.2) is 12.2 Å². The Morgan fingerprint density at radius 2 is 1.24 bits per heavy atom. The van der Waals surface area contributed by atoms with E-state index in [9.17, 15) is 28.0 Å². The van der Waals surface area contributed by atoms with Crippen molar-refractivity contribution in [2.45, 2.75) is 275 Å². The molecule has 12 atom stereocenters. The summed E-state index contributed by atoms with van der Waals surface area (Å²) in [5.74, 6) is -9.11. The lowest BCUT2D eigenvalue weighted by Crippen LogP contribution is -2.68. The van der Waals surface area contributed by atoms with Crippen LogP contribution in [-0.2, 0) is 62.3 Å². The Hall–Kier alpha value is -6.80. The van der Waals surface area contributed by atoms with Gasteiger partial charge in [-0.15, -0.1) is 0 Å². The third-order valence-corrected chi connectivity index (χ3v) is 25.8. The van der Waals surface area contributed by atoms with Crippen molar-refractivity contribution in [3.8, 4) is 0 Å². The lowest BCUT2D eigenvalue weighted by molar-refractivity contribution is -0.158. The SMILES string of the molecule is CCO[C@@H]1C[C@H]2C(=O)NC3(CCC3)C(=O)N(C)[C@@H](C3CCCC3)C(=O)N(C)[C@H](C(=O)N(C)C)CC(=O)N(C)[C@@H](CC3CCCC3)C(=O)N[C@@H]([C@@H](C)CC)C(=O)N(C)CC(=O)N(C)[C@H]3C/C=C\CCN(C3=O)[C@@H](CC3CCC(C)CC3)C(=O)N(C)CC(=O)N[C@@H](CCC3CC(C)C(C(F)F)C(C)C3)C(=O)N2C1. The molecule has 3 N–H and O–H groups in total. The summed E-state index contributed by atoms with van der Waals surface area (Å²) in [4.78, 5) is 195. The lowest BCUT2D eigenvalue weighted by Gasteiger charge is -2.46. The summed E-state index contributed by atoms with van der Waals surface area (Å²) in [5, 5.41) is 9.06. The highest BCUT2D eigenvalue weighted by Crippen LogP contribution is 2.44. The summed E-state index contributed by atoms with van der Waals surface area (Å²) in [6.45, 7) is 10.5. The van der Waals surface area contributed by atoms with E-state index >= 15 is 38.4 Å². The van der Waals surface area contributed by atoms with Gasteiger partial charge in [-0.2, -0.15) is 0 Å². The summed E-state index contributed by atoms with van der Waals surface area (Å²) in [7, 11) is 11.9. The molecule has 2 bridgehead atoms. The molecule has 0 aromatic carbocycles. The van der Waals surface area contributed by atoms with E-state index in [1.54, 1.807) is 13.8 Å². The van der Waals surface area contributed by atoms with Gasteiger partial charge in [0.15, 0.2) is 0 Å². The van der Waals surface area contributed by atoms with Crippen LogP contribution in [0.25, 0.3) is 0 Å². The van der Waals surface area contributed by atoms with Crippen molar-refractivity contribution in [1.82, 2.24) is 60.0 Å². The zero-order valence-electron chi connectivity index (χ0n) is 66.1. The van der Waals surface area contributed by atoms with E-state index in [1.807, 2.05) is 32.9 Å². The van der Waals surface area contributed by atoms with Crippen molar-refractivity contribution in [3.63, 3.8) is 0 Å². The fraction of sp³-hybridized carbons (Fsp3) is 0.823. The fourth-order valence-corrected chi connectivity index (χ4v) is 18.8. The number of carbonyl (C=O) groups is 12. The summed E-state index contributed by atoms with van der Waals surface area (Å²) < 4.78 is 35.0. The van der Waals surface area contributed by atoms with Crippen LogP contribution in [0.4, 0.5) is 8.78 Å². The first-order valence-corrected chi connectivity index (χ1v) is 40.1. The molecule has 3 heterocycles. The van der Waals surface area contributed by atoms with Crippen LogP contribution in [0.3, 0.4) is 0 Å². The molecule has 8 aliphatic rings. The van der Waals surface area contributed by atoms with Crippen molar-refractivity contribution in [1.29, 1.82) is 0 Å². The van der Waals surface area contributed by atoms with Gasteiger partial charge in [0, 0.05) is 88.4 Å². The molecule has 0 aromatic heterocycles. The first-order valence-electron chi connectivity index (χ1n) is 40.1. The number of ether oxygens (including phenoxy) is 1. The molecule has 2 unspecified atom stereocenters. The molecule has 0 aromatic rings. The molecule has 27 heteroatoms. The number of hydrogen-bond acceptors (Lipinski definition) is 13. The van der Waals surface area contributed by atoms with Gasteiger partial charge < -0.3 is 64.8 Å². The molecule has 8 rings (SSSR count). The predicted molar refractivity (Wildman–Crippen MR) is 396 cm³/mol. The number of hydrogen-bond donors (Lipinski definition) is 3. The van der Waals surface area contributed by atoms with Gasteiger partial charge in [0.25, 0.3) is 0 Å². The lowest BCUT2D eigenvalue weighted by atomic mass is 9.68. The van der Waals surface area contributed by atoms with E-state index in [-0.39, 0.29) is 100 Å². The average molecular weight is 1490 g/mol. The van der Waals surface area contributed by atoms with E-state index in [0.717, 1.165) is 64.2 Å². The highest BCUT2D eigenvalue weighted by atomic mass is 19.3. The third kappa shape index (κ3) is 20.4. The number of halogens is 2. The number of rotatable bonds is 14. The molecule has 5 saturated carbocycles. The standard InChI is InChI=1S/C79H128F2N12O13/c1-15-49(4)67-76(103)87(10)47-65(96)88(11)58-29-18-17-23-38-92(75(58)102)62(42-53-32-30-48(3)31-33-53)74(101)86(9)46-63(94)82-57(35-34-54-39-50(5)66(69(80)81)51(6)40-54)72(99)93-45-56(106-16-2)43-60(93)71(98)84-79(36-24-37-79)78(105)91(14)68(55-27-21-22-28-55)77(104)90(13)61(73(100)85(7)8)44-64(95)89(12)59(70(97)83-67)41-52-25-19-20-26-52/h17-18,48-62,66-69H,15-16,19-47H2,1-14H3,(H,82,94)(H,83,97)(H,84,98)/b18-17-/t48?,49-,50?,51?,53?,54?,56+,57-,58-,59-,60-,61-,62-,66?,67-,68-/m0/s1. The first-order chi connectivity index (χ1) is 50.2. The molecule has 2 saturated heterocycles. The van der Waals surface area contributed by atoms with Crippen molar-refractivity contribution in [3.05, 3.63) is 12.2 Å². The number of carbonyl (C=O) groups excluding carboxylic acids is 12. The molecule has 25 nitrogen and oxygen atoms in total. The minimum Gasteiger partial charge on any atom is -0.377 e. The Kier molecular flexibility index (Phi) is 30.4. The number of amides is 12.